The van der Waals surface area contributed by atoms with Crippen molar-refractivity contribution in [1.29, 1.82) is 0 Å². The lowest BCUT2D eigenvalue weighted by molar-refractivity contribution is 0.127. The van der Waals surface area contributed by atoms with Crippen LogP contribution in [0.15, 0.2) is 24.3 Å². The molecule has 0 unspecified atom stereocenters. The molecule has 0 aromatic heterocycles. The Morgan fingerprint density at radius 2 is 1.76 bits per heavy atom. The first-order chi connectivity index (χ1) is 7.78. The van der Waals surface area contributed by atoms with Gasteiger partial charge in [0.05, 0.1) is 0 Å². The second-order valence-corrected chi connectivity index (χ2v) is 4.53. The molecule has 0 bridgehead atoms. The van der Waals surface area contributed by atoms with Crippen molar-refractivity contribution in [2.24, 2.45) is 5.92 Å². The summed E-state index contributed by atoms with van der Waals surface area (Å²) in [7, 11) is 0. The zero-order chi connectivity index (χ0) is 11.4. The van der Waals surface area contributed by atoms with Crippen molar-refractivity contribution < 1.29 is 9.50 Å². The molecule has 1 fully saturated rings. The number of rotatable bonds is 3. The lowest BCUT2D eigenvalue weighted by Gasteiger charge is -2.31. The number of piperidine rings is 1. The third kappa shape index (κ3) is 4.26. The normalized spacial score (nSPS) is 17.8. The van der Waals surface area contributed by atoms with Crippen LogP contribution in [0, 0.1) is 11.7 Å². The Hall–Kier alpha value is -0.640. The van der Waals surface area contributed by atoms with Crippen molar-refractivity contribution in [3.8, 4) is 0 Å². The lowest BCUT2D eigenvalue weighted by atomic mass is 9.97. The maximum Gasteiger partial charge on any atom is 0.123 e. The second kappa shape index (κ2) is 6.94. The van der Waals surface area contributed by atoms with Crippen LogP contribution in [0.1, 0.15) is 18.4 Å². The molecule has 0 saturated carbocycles. The molecule has 96 valence electrons. The van der Waals surface area contributed by atoms with E-state index in [0.29, 0.717) is 12.5 Å². The Morgan fingerprint density at radius 1 is 1.18 bits per heavy atom. The molecule has 1 aliphatic rings. The van der Waals surface area contributed by atoms with E-state index in [2.05, 4.69) is 4.90 Å². The van der Waals surface area contributed by atoms with E-state index in [-0.39, 0.29) is 18.2 Å². The Balaban J connectivity index is 0.00000144. The fourth-order valence-corrected chi connectivity index (χ4v) is 2.18. The molecular weight excluding hydrogens is 241 g/mol. The van der Waals surface area contributed by atoms with E-state index in [1.165, 1.54) is 12.1 Å². The number of likely N-dealkylation sites (tertiary alicyclic amines) is 1. The highest BCUT2D eigenvalue weighted by Gasteiger charge is 2.18. The van der Waals surface area contributed by atoms with Crippen molar-refractivity contribution in [1.82, 2.24) is 4.90 Å². The van der Waals surface area contributed by atoms with Gasteiger partial charge in [0.15, 0.2) is 0 Å². The summed E-state index contributed by atoms with van der Waals surface area (Å²) < 4.78 is 12.7. The van der Waals surface area contributed by atoms with E-state index in [0.717, 1.165) is 38.0 Å². The van der Waals surface area contributed by atoms with Crippen molar-refractivity contribution in [3.63, 3.8) is 0 Å². The molecule has 1 aromatic rings. The van der Waals surface area contributed by atoms with Gasteiger partial charge in [-0.15, -0.1) is 12.4 Å². The van der Waals surface area contributed by atoms with Crippen LogP contribution < -0.4 is 0 Å². The second-order valence-electron chi connectivity index (χ2n) is 4.53. The molecule has 1 aromatic carbocycles. The van der Waals surface area contributed by atoms with Gasteiger partial charge in [0.1, 0.15) is 5.82 Å². The largest absolute Gasteiger partial charge is 0.396 e. The molecule has 2 nitrogen and oxygen atoms in total. The van der Waals surface area contributed by atoms with Crippen LogP contribution in [0.4, 0.5) is 4.39 Å². The maximum absolute atomic E-state index is 12.7. The molecule has 0 radical (unpaired) electrons. The number of halogens is 2. The number of hydrogen-bond acceptors (Lipinski definition) is 2. The molecule has 2 rings (SSSR count). The van der Waals surface area contributed by atoms with Gasteiger partial charge in [-0.05, 0) is 49.5 Å². The summed E-state index contributed by atoms with van der Waals surface area (Å²) in [5.74, 6) is 0.298. The van der Waals surface area contributed by atoms with Crippen LogP contribution in [0.5, 0.6) is 0 Å². The van der Waals surface area contributed by atoms with Gasteiger partial charge in [0.2, 0.25) is 0 Å². The molecule has 4 heteroatoms. The van der Waals surface area contributed by atoms with Gasteiger partial charge in [-0.25, -0.2) is 4.39 Å². The molecule has 0 atom stereocenters. The van der Waals surface area contributed by atoms with E-state index < -0.39 is 0 Å². The molecule has 0 spiro atoms. The summed E-state index contributed by atoms with van der Waals surface area (Å²) >= 11 is 0. The number of nitrogens with zero attached hydrogens (tertiary/aromatic N) is 1. The van der Waals surface area contributed by atoms with E-state index in [1.54, 1.807) is 0 Å². The van der Waals surface area contributed by atoms with E-state index in [4.69, 9.17) is 5.11 Å². The Morgan fingerprint density at radius 3 is 2.29 bits per heavy atom. The fourth-order valence-electron chi connectivity index (χ4n) is 2.18. The minimum atomic E-state index is -0.178. The Kier molecular flexibility index (Phi) is 5.89. The van der Waals surface area contributed by atoms with Crippen LogP contribution in [0.25, 0.3) is 0 Å². The van der Waals surface area contributed by atoms with Crippen molar-refractivity contribution >= 4 is 12.4 Å². The predicted molar refractivity (Wildman–Crippen MR) is 68.7 cm³/mol. The first-order valence-corrected chi connectivity index (χ1v) is 5.85. The average molecular weight is 260 g/mol. The van der Waals surface area contributed by atoms with Gasteiger partial charge in [-0.3, -0.25) is 4.90 Å². The predicted octanol–water partition coefficient (Wildman–Crippen LogP) is 2.45. The zero-order valence-corrected chi connectivity index (χ0v) is 10.6. The molecule has 1 aliphatic heterocycles. The smallest absolute Gasteiger partial charge is 0.123 e. The van der Waals surface area contributed by atoms with E-state index in [9.17, 15) is 4.39 Å². The van der Waals surface area contributed by atoms with Crippen LogP contribution in [-0.2, 0) is 6.54 Å². The fraction of sp³-hybridized carbons (Fsp3) is 0.538. The van der Waals surface area contributed by atoms with E-state index in [1.807, 2.05) is 12.1 Å². The van der Waals surface area contributed by atoms with Gasteiger partial charge in [0, 0.05) is 13.2 Å². The first kappa shape index (κ1) is 14.4. The molecule has 0 amide bonds. The average Bonchev–Trinajstić information content (AvgIpc) is 2.33. The van der Waals surface area contributed by atoms with Gasteiger partial charge in [-0.1, -0.05) is 12.1 Å². The Bertz CT molecular complexity index is 323. The third-order valence-electron chi connectivity index (χ3n) is 3.28. The van der Waals surface area contributed by atoms with Crippen molar-refractivity contribution in [3.05, 3.63) is 35.6 Å². The van der Waals surface area contributed by atoms with Gasteiger partial charge in [0.25, 0.3) is 0 Å². The summed E-state index contributed by atoms with van der Waals surface area (Å²) in [6.45, 7) is 3.26. The summed E-state index contributed by atoms with van der Waals surface area (Å²) in [6, 6.07) is 6.70. The summed E-state index contributed by atoms with van der Waals surface area (Å²) in [5, 5.41) is 9.04. The molecule has 0 aliphatic carbocycles. The van der Waals surface area contributed by atoms with Crippen LogP contribution in [0.2, 0.25) is 0 Å². The third-order valence-corrected chi connectivity index (χ3v) is 3.28. The summed E-state index contributed by atoms with van der Waals surface area (Å²) in [5.41, 5.74) is 1.16. The standard InChI is InChI=1S/C13H18FNO.ClH/c14-13-3-1-11(2-4-13)9-15-7-5-12(10-16)6-8-15;/h1-4,12,16H,5-10H2;1H. The number of hydrogen-bond donors (Lipinski definition) is 1. The van der Waals surface area contributed by atoms with Gasteiger partial charge < -0.3 is 5.11 Å². The molecular formula is C13H19ClFNO. The molecule has 1 saturated heterocycles. The van der Waals surface area contributed by atoms with Gasteiger partial charge >= 0.3 is 0 Å². The summed E-state index contributed by atoms with van der Waals surface area (Å²) in [4.78, 5) is 2.36. The quantitative estimate of drug-likeness (QED) is 0.901. The minimum absolute atomic E-state index is 0. The molecule has 1 N–H and O–H groups in total. The lowest BCUT2D eigenvalue weighted by Crippen LogP contribution is -2.34. The number of aliphatic hydroxyl groups is 1. The highest BCUT2D eigenvalue weighted by atomic mass is 35.5. The molecule has 1 heterocycles. The highest BCUT2D eigenvalue weighted by molar-refractivity contribution is 5.85. The zero-order valence-electron chi connectivity index (χ0n) is 9.81. The van der Waals surface area contributed by atoms with Crippen LogP contribution in [-0.4, -0.2) is 29.7 Å². The van der Waals surface area contributed by atoms with Crippen LogP contribution >= 0.6 is 12.4 Å². The van der Waals surface area contributed by atoms with Gasteiger partial charge in [-0.2, -0.15) is 0 Å². The SMILES string of the molecule is Cl.OCC1CCN(Cc2ccc(F)cc2)CC1. The van der Waals surface area contributed by atoms with E-state index >= 15 is 0 Å². The number of benzene rings is 1. The Labute approximate surface area is 108 Å². The van der Waals surface area contributed by atoms with Crippen molar-refractivity contribution in [2.75, 3.05) is 19.7 Å². The number of aliphatic hydroxyl groups excluding tert-OH is 1. The topological polar surface area (TPSA) is 23.5 Å². The summed E-state index contributed by atoms with van der Waals surface area (Å²) in [6.07, 6.45) is 2.13. The van der Waals surface area contributed by atoms with Crippen LogP contribution in [0.3, 0.4) is 0 Å². The minimum Gasteiger partial charge on any atom is -0.396 e. The maximum atomic E-state index is 12.7. The van der Waals surface area contributed by atoms with Crippen molar-refractivity contribution in [2.45, 2.75) is 19.4 Å². The monoisotopic (exact) mass is 259 g/mol. The highest BCUT2D eigenvalue weighted by Crippen LogP contribution is 2.18. The molecule has 17 heavy (non-hydrogen) atoms. The first-order valence-electron chi connectivity index (χ1n) is 5.85.